The maximum absolute atomic E-state index is 14.0. The van der Waals surface area contributed by atoms with Crippen LogP contribution in [0, 0.1) is 6.92 Å². The third-order valence-electron chi connectivity index (χ3n) is 6.07. The highest BCUT2D eigenvalue weighted by Crippen LogP contribution is 2.32. The van der Waals surface area contributed by atoms with E-state index in [1.54, 1.807) is 51.1 Å². The lowest BCUT2D eigenvalue weighted by molar-refractivity contribution is -0.139. The quantitative estimate of drug-likeness (QED) is 0.265. The van der Waals surface area contributed by atoms with Gasteiger partial charge < -0.3 is 10.2 Å². The first kappa shape index (κ1) is 32.0. The number of amides is 2. The molecule has 0 fully saturated rings. The summed E-state index contributed by atoms with van der Waals surface area (Å²) in [6.45, 7) is 6.19. The second-order valence-corrected chi connectivity index (χ2v) is 13.0. The van der Waals surface area contributed by atoms with Gasteiger partial charge in [-0.25, -0.2) is 8.42 Å². The third kappa shape index (κ3) is 7.62. The molecular formula is C28H29Cl4N3O4S. The molecule has 0 spiro atoms. The van der Waals surface area contributed by atoms with Gasteiger partial charge in [0.05, 0.1) is 20.6 Å². The standard InChI is InChI=1S/C28H29Cl4N3O4S/c1-17(2)33-28(37)19(4)34(15-22-23(29)6-5-7-24(22)30)27(36)16-35(20-10-13-25(31)26(32)14-20)40(38,39)21-11-8-18(3)9-12-21/h5-14,17,19H,15-16H2,1-4H3,(H,33,37)/t19-/m0/s1. The summed E-state index contributed by atoms with van der Waals surface area (Å²) >= 11 is 25.1. The van der Waals surface area contributed by atoms with E-state index in [9.17, 15) is 18.0 Å². The number of aryl methyl sites for hydroxylation is 1. The smallest absolute Gasteiger partial charge is 0.264 e. The number of hydrogen-bond acceptors (Lipinski definition) is 4. The van der Waals surface area contributed by atoms with Gasteiger partial charge in [0, 0.05) is 28.2 Å². The van der Waals surface area contributed by atoms with Gasteiger partial charge in [0.25, 0.3) is 10.0 Å². The Morgan fingerprint density at radius 1 is 0.850 bits per heavy atom. The van der Waals surface area contributed by atoms with E-state index in [1.807, 2.05) is 6.92 Å². The van der Waals surface area contributed by atoms with Crippen molar-refractivity contribution in [2.24, 2.45) is 0 Å². The van der Waals surface area contributed by atoms with E-state index >= 15 is 0 Å². The molecule has 0 aliphatic rings. The Bertz CT molecular complexity index is 1480. The SMILES string of the molecule is Cc1ccc(S(=O)(=O)N(CC(=O)N(Cc2c(Cl)cccc2Cl)[C@@H](C)C(=O)NC(C)C)c2ccc(Cl)c(Cl)c2)cc1. The number of rotatable bonds is 10. The molecule has 0 bridgehead atoms. The lowest BCUT2D eigenvalue weighted by Crippen LogP contribution is -2.52. The lowest BCUT2D eigenvalue weighted by Gasteiger charge is -2.32. The van der Waals surface area contributed by atoms with Crippen molar-refractivity contribution in [3.05, 3.63) is 91.9 Å². The second-order valence-electron chi connectivity index (χ2n) is 9.48. The number of halogens is 4. The molecule has 1 N–H and O–H groups in total. The molecule has 0 saturated heterocycles. The fourth-order valence-electron chi connectivity index (χ4n) is 3.85. The van der Waals surface area contributed by atoms with Crippen LogP contribution < -0.4 is 9.62 Å². The number of hydrogen-bond donors (Lipinski definition) is 1. The summed E-state index contributed by atoms with van der Waals surface area (Å²) in [5.41, 5.74) is 1.41. The molecular weight excluding hydrogens is 616 g/mol. The first-order valence-corrected chi connectivity index (χ1v) is 15.2. The van der Waals surface area contributed by atoms with Gasteiger partial charge in [-0.15, -0.1) is 0 Å². The molecule has 0 aromatic heterocycles. The normalized spacial score (nSPS) is 12.2. The predicted octanol–water partition coefficient (Wildman–Crippen LogP) is 6.75. The average Bonchev–Trinajstić information content (AvgIpc) is 2.88. The highest BCUT2D eigenvalue weighted by Gasteiger charge is 2.33. The summed E-state index contributed by atoms with van der Waals surface area (Å²) in [6, 6.07) is 14.2. The summed E-state index contributed by atoms with van der Waals surface area (Å²) in [5.74, 6) is -1.09. The van der Waals surface area contributed by atoms with Crippen LogP contribution >= 0.6 is 46.4 Å². The van der Waals surface area contributed by atoms with E-state index in [2.05, 4.69) is 5.32 Å². The lowest BCUT2D eigenvalue weighted by atomic mass is 10.1. The second kappa shape index (κ2) is 13.4. The Labute approximate surface area is 255 Å². The Morgan fingerprint density at radius 2 is 1.45 bits per heavy atom. The molecule has 0 heterocycles. The number of carbonyl (C=O) groups is 2. The summed E-state index contributed by atoms with van der Waals surface area (Å²) in [7, 11) is -4.25. The van der Waals surface area contributed by atoms with Crippen molar-refractivity contribution in [3.8, 4) is 0 Å². The van der Waals surface area contributed by atoms with Crippen LogP contribution in [-0.2, 0) is 26.2 Å². The Morgan fingerprint density at radius 3 is 2.00 bits per heavy atom. The largest absolute Gasteiger partial charge is 0.352 e. The Kier molecular flexibility index (Phi) is 10.8. The Balaban J connectivity index is 2.10. The van der Waals surface area contributed by atoms with E-state index < -0.39 is 34.4 Å². The molecule has 1 atom stereocenters. The maximum atomic E-state index is 14.0. The minimum Gasteiger partial charge on any atom is -0.352 e. The van der Waals surface area contributed by atoms with E-state index in [1.165, 1.54) is 35.2 Å². The van der Waals surface area contributed by atoms with Crippen LogP contribution in [0.2, 0.25) is 20.1 Å². The number of nitrogens with zero attached hydrogens (tertiary/aromatic N) is 2. The molecule has 40 heavy (non-hydrogen) atoms. The van der Waals surface area contributed by atoms with Gasteiger partial charge in [0.1, 0.15) is 12.6 Å². The van der Waals surface area contributed by atoms with Crippen molar-refractivity contribution in [3.63, 3.8) is 0 Å². The van der Waals surface area contributed by atoms with Crippen molar-refractivity contribution < 1.29 is 18.0 Å². The van der Waals surface area contributed by atoms with Gasteiger partial charge in [-0.3, -0.25) is 13.9 Å². The fourth-order valence-corrected chi connectivity index (χ4v) is 6.06. The monoisotopic (exact) mass is 643 g/mol. The van der Waals surface area contributed by atoms with Crippen molar-refractivity contribution in [2.45, 2.75) is 51.2 Å². The molecule has 0 aliphatic carbocycles. The molecule has 0 aliphatic heterocycles. The number of sulfonamides is 1. The minimum atomic E-state index is -4.25. The van der Waals surface area contributed by atoms with Crippen LogP contribution in [0.3, 0.4) is 0 Å². The van der Waals surface area contributed by atoms with E-state index in [-0.39, 0.29) is 33.2 Å². The zero-order valence-corrected chi connectivity index (χ0v) is 26.1. The minimum absolute atomic E-state index is 0.0247. The topological polar surface area (TPSA) is 86.8 Å². The van der Waals surface area contributed by atoms with Crippen LogP contribution in [-0.4, -0.2) is 43.8 Å². The maximum Gasteiger partial charge on any atom is 0.264 e. The predicted molar refractivity (Wildman–Crippen MR) is 162 cm³/mol. The Hall–Kier alpha value is -2.49. The molecule has 3 aromatic carbocycles. The molecule has 12 heteroatoms. The van der Waals surface area contributed by atoms with Gasteiger partial charge in [-0.05, 0) is 70.2 Å². The molecule has 3 rings (SSSR count). The van der Waals surface area contributed by atoms with Gasteiger partial charge in [0.15, 0.2) is 0 Å². The van der Waals surface area contributed by atoms with Gasteiger partial charge in [-0.2, -0.15) is 0 Å². The molecule has 3 aromatic rings. The van der Waals surface area contributed by atoms with E-state index in [4.69, 9.17) is 46.4 Å². The first-order valence-electron chi connectivity index (χ1n) is 12.3. The molecule has 0 radical (unpaired) electrons. The van der Waals surface area contributed by atoms with Crippen molar-refractivity contribution in [2.75, 3.05) is 10.8 Å². The molecule has 2 amide bonds. The molecule has 7 nitrogen and oxygen atoms in total. The van der Waals surface area contributed by atoms with Crippen molar-refractivity contribution in [1.82, 2.24) is 10.2 Å². The van der Waals surface area contributed by atoms with Crippen LogP contribution in [0.25, 0.3) is 0 Å². The van der Waals surface area contributed by atoms with E-state index in [0.717, 1.165) is 9.87 Å². The van der Waals surface area contributed by atoms with E-state index in [0.29, 0.717) is 15.6 Å². The number of carbonyl (C=O) groups excluding carboxylic acids is 2. The van der Waals surface area contributed by atoms with Gasteiger partial charge in [-0.1, -0.05) is 70.2 Å². The van der Waals surface area contributed by atoms with Gasteiger partial charge in [0.2, 0.25) is 11.8 Å². The zero-order chi connectivity index (χ0) is 29.8. The number of benzene rings is 3. The van der Waals surface area contributed by atoms with Crippen LogP contribution in [0.5, 0.6) is 0 Å². The summed E-state index contributed by atoms with van der Waals surface area (Å²) < 4.78 is 28.7. The summed E-state index contributed by atoms with van der Waals surface area (Å²) in [6.07, 6.45) is 0. The molecule has 0 saturated carbocycles. The van der Waals surface area contributed by atoms with Crippen LogP contribution in [0.1, 0.15) is 31.9 Å². The van der Waals surface area contributed by atoms with Crippen LogP contribution in [0.4, 0.5) is 5.69 Å². The number of nitrogens with one attached hydrogen (secondary N) is 1. The fraction of sp³-hybridized carbons (Fsp3) is 0.286. The summed E-state index contributed by atoms with van der Waals surface area (Å²) in [4.78, 5) is 28.2. The van der Waals surface area contributed by atoms with Gasteiger partial charge >= 0.3 is 0 Å². The highest BCUT2D eigenvalue weighted by molar-refractivity contribution is 7.92. The number of anilines is 1. The van der Waals surface area contributed by atoms with Crippen molar-refractivity contribution >= 4 is 73.9 Å². The average molecular weight is 645 g/mol. The molecule has 214 valence electrons. The molecule has 0 unspecified atom stereocenters. The third-order valence-corrected chi connectivity index (χ3v) is 9.30. The first-order chi connectivity index (χ1) is 18.7. The van der Waals surface area contributed by atoms with Crippen LogP contribution in [0.15, 0.2) is 65.6 Å². The highest BCUT2D eigenvalue weighted by atomic mass is 35.5. The summed E-state index contributed by atoms with van der Waals surface area (Å²) in [5, 5.41) is 3.72. The van der Waals surface area contributed by atoms with Crippen molar-refractivity contribution in [1.29, 1.82) is 0 Å². The zero-order valence-electron chi connectivity index (χ0n) is 22.3.